The van der Waals surface area contributed by atoms with Gasteiger partial charge in [0.05, 0.1) is 26.2 Å². The van der Waals surface area contributed by atoms with Gasteiger partial charge < -0.3 is 4.74 Å². The Bertz CT molecular complexity index is 1590. The number of alkyl halides is 3. The second-order valence-electron chi connectivity index (χ2n) is 7.78. The van der Waals surface area contributed by atoms with Gasteiger partial charge in [-0.3, -0.25) is 25.0 Å². The van der Waals surface area contributed by atoms with E-state index in [1.807, 2.05) is 5.32 Å². The summed E-state index contributed by atoms with van der Waals surface area (Å²) in [7, 11) is 0. The number of hydrogen-bond acceptors (Lipinski definition) is 6. The Morgan fingerprint density at radius 3 is 2.23 bits per heavy atom. The Labute approximate surface area is 231 Å². The van der Waals surface area contributed by atoms with Gasteiger partial charge in [-0.05, 0) is 54.1 Å². The number of hydrogen-bond donors (Lipinski definition) is 1. The molecular formula is C24H11Cl3F3N3O6. The fraction of sp³-hybridized carbons (Fsp3) is 0.0417. The molecule has 0 saturated carbocycles. The molecular weight excluding hydrogens is 590 g/mol. The Morgan fingerprint density at radius 2 is 1.62 bits per heavy atom. The standard InChI is InChI=1S/C24H11Cl3F3N3O6/c25-13-3-4-17(15(26)10-13)32-22(35)14(21(34)31-23(32)36)7-11-1-5-19(16(27)8-11)39-20-6-2-12(24(28,29)30)9-18(20)33(37)38/h1-10H,(H,31,34,36)/b14-7+. The Balaban J connectivity index is 1.64. The molecule has 0 unspecified atom stereocenters. The number of carbonyl (C=O) groups is 3. The van der Waals surface area contributed by atoms with Gasteiger partial charge in [-0.2, -0.15) is 13.2 Å². The lowest BCUT2D eigenvalue weighted by Crippen LogP contribution is -2.54. The number of nitro groups is 1. The molecule has 0 spiro atoms. The van der Waals surface area contributed by atoms with Gasteiger partial charge in [0, 0.05) is 11.1 Å². The molecule has 39 heavy (non-hydrogen) atoms. The number of halogens is 6. The maximum absolute atomic E-state index is 13.1. The number of imide groups is 2. The third-order valence-corrected chi connectivity index (χ3v) is 6.06. The highest BCUT2D eigenvalue weighted by Crippen LogP contribution is 2.40. The van der Waals surface area contributed by atoms with Crippen molar-refractivity contribution >= 4 is 70.1 Å². The second kappa shape index (κ2) is 10.6. The number of barbiturate groups is 1. The number of nitrogens with zero attached hydrogens (tertiary/aromatic N) is 2. The lowest BCUT2D eigenvalue weighted by Gasteiger charge is -2.27. The van der Waals surface area contributed by atoms with Crippen LogP contribution in [0.15, 0.2) is 60.2 Å². The van der Waals surface area contributed by atoms with E-state index in [9.17, 15) is 37.7 Å². The number of nitrogens with one attached hydrogen (secondary N) is 1. The van der Waals surface area contributed by atoms with E-state index in [0.29, 0.717) is 17.0 Å². The summed E-state index contributed by atoms with van der Waals surface area (Å²) in [6.45, 7) is 0. The fourth-order valence-corrected chi connectivity index (χ4v) is 4.16. The van der Waals surface area contributed by atoms with Crippen LogP contribution in [-0.4, -0.2) is 22.8 Å². The SMILES string of the molecule is O=C1NC(=O)N(c2ccc(Cl)cc2Cl)C(=O)/C1=C/c1ccc(Oc2ccc(C(F)(F)F)cc2[N+](=O)[O-])c(Cl)c1. The summed E-state index contributed by atoms with van der Waals surface area (Å²) in [5.41, 5.74) is -2.48. The van der Waals surface area contributed by atoms with Crippen molar-refractivity contribution in [2.45, 2.75) is 6.18 Å². The van der Waals surface area contributed by atoms with Crippen LogP contribution in [0.4, 0.5) is 29.3 Å². The molecule has 15 heteroatoms. The highest BCUT2D eigenvalue weighted by atomic mass is 35.5. The maximum atomic E-state index is 13.1. The van der Waals surface area contributed by atoms with E-state index in [-0.39, 0.29) is 32.1 Å². The number of carbonyl (C=O) groups excluding carboxylic acids is 3. The van der Waals surface area contributed by atoms with Gasteiger partial charge in [0.25, 0.3) is 11.8 Å². The van der Waals surface area contributed by atoms with Crippen molar-refractivity contribution in [3.63, 3.8) is 0 Å². The molecule has 1 fully saturated rings. The molecule has 1 N–H and O–H groups in total. The minimum atomic E-state index is -4.81. The first-order valence-electron chi connectivity index (χ1n) is 10.5. The molecule has 200 valence electrons. The van der Waals surface area contributed by atoms with E-state index in [2.05, 4.69) is 0 Å². The molecule has 4 rings (SSSR count). The zero-order chi connectivity index (χ0) is 28.6. The van der Waals surface area contributed by atoms with E-state index in [4.69, 9.17) is 39.5 Å². The predicted octanol–water partition coefficient (Wildman–Crippen LogP) is 7.03. The van der Waals surface area contributed by atoms with Crippen LogP contribution in [0.25, 0.3) is 6.08 Å². The van der Waals surface area contributed by atoms with Crippen LogP contribution in [0, 0.1) is 10.1 Å². The van der Waals surface area contributed by atoms with Crippen LogP contribution in [0.5, 0.6) is 11.5 Å². The molecule has 3 aromatic rings. The summed E-state index contributed by atoms with van der Waals surface area (Å²) in [5.74, 6) is -2.66. The average Bonchev–Trinajstić information content (AvgIpc) is 2.84. The number of nitro benzene ring substituents is 1. The molecule has 0 aromatic heterocycles. The highest BCUT2D eigenvalue weighted by molar-refractivity contribution is 6.42. The normalized spacial score (nSPS) is 15.0. The third-order valence-electron chi connectivity index (χ3n) is 5.22. The minimum absolute atomic E-state index is 0.0260. The minimum Gasteiger partial charge on any atom is -0.449 e. The summed E-state index contributed by atoms with van der Waals surface area (Å²) >= 11 is 18.2. The Hall–Kier alpha value is -4.13. The first-order valence-corrected chi connectivity index (χ1v) is 11.6. The number of urea groups is 1. The zero-order valence-corrected chi connectivity index (χ0v) is 21.2. The van der Waals surface area contributed by atoms with Crippen LogP contribution in [0.2, 0.25) is 15.1 Å². The van der Waals surface area contributed by atoms with Gasteiger partial charge in [-0.25, -0.2) is 9.69 Å². The molecule has 1 saturated heterocycles. The number of anilines is 1. The molecule has 9 nitrogen and oxygen atoms in total. The summed E-state index contributed by atoms with van der Waals surface area (Å²) in [5, 5.41) is 13.4. The van der Waals surface area contributed by atoms with Gasteiger partial charge >= 0.3 is 17.9 Å². The lowest BCUT2D eigenvalue weighted by atomic mass is 10.1. The van der Waals surface area contributed by atoms with Crippen molar-refractivity contribution in [2.75, 3.05) is 4.90 Å². The number of ether oxygens (including phenoxy) is 1. The van der Waals surface area contributed by atoms with Crippen molar-refractivity contribution in [3.8, 4) is 11.5 Å². The first kappa shape index (κ1) is 27.9. The van der Waals surface area contributed by atoms with E-state index >= 15 is 0 Å². The second-order valence-corrected chi connectivity index (χ2v) is 9.03. The van der Waals surface area contributed by atoms with Crippen LogP contribution >= 0.6 is 34.8 Å². The Kier molecular flexibility index (Phi) is 7.55. The van der Waals surface area contributed by atoms with Crippen molar-refractivity contribution < 1.29 is 37.2 Å². The lowest BCUT2D eigenvalue weighted by molar-refractivity contribution is -0.385. The quantitative estimate of drug-likeness (QED) is 0.145. The number of benzene rings is 3. The average molecular weight is 601 g/mol. The monoisotopic (exact) mass is 599 g/mol. The summed E-state index contributed by atoms with van der Waals surface area (Å²) in [6, 6.07) is 8.48. The highest BCUT2D eigenvalue weighted by Gasteiger charge is 2.38. The number of rotatable bonds is 5. The summed E-state index contributed by atoms with van der Waals surface area (Å²) in [6.07, 6.45) is -3.69. The topological polar surface area (TPSA) is 119 Å². The molecule has 0 aliphatic carbocycles. The molecule has 0 radical (unpaired) electrons. The predicted molar refractivity (Wildman–Crippen MR) is 135 cm³/mol. The van der Waals surface area contributed by atoms with Crippen molar-refractivity contribution in [2.24, 2.45) is 0 Å². The third kappa shape index (κ3) is 5.82. The van der Waals surface area contributed by atoms with Crippen LogP contribution < -0.4 is 15.0 Å². The van der Waals surface area contributed by atoms with Crippen LogP contribution in [-0.2, 0) is 15.8 Å². The van der Waals surface area contributed by atoms with Crippen LogP contribution in [0.3, 0.4) is 0 Å². The fourth-order valence-electron chi connectivity index (χ4n) is 3.44. The molecule has 1 heterocycles. The molecule has 0 bridgehead atoms. The maximum Gasteiger partial charge on any atom is 0.416 e. The van der Waals surface area contributed by atoms with Gasteiger partial charge in [0.1, 0.15) is 11.3 Å². The van der Waals surface area contributed by atoms with Crippen LogP contribution in [0.1, 0.15) is 11.1 Å². The van der Waals surface area contributed by atoms with E-state index in [1.165, 1.54) is 36.4 Å². The van der Waals surface area contributed by atoms with Crippen molar-refractivity contribution in [1.29, 1.82) is 0 Å². The Morgan fingerprint density at radius 1 is 0.923 bits per heavy atom. The molecule has 1 aliphatic rings. The van der Waals surface area contributed by atoms with Crippen molar-refractivity contribution in [3.05, 3.63) is 96.5 Å². The molecule has 3 aromatic carbocycles. The summed E-state index contributed by atoms with van der Waals surface area (Å²) < 4.78 is 44.2. The van der Waals surface area contributed by atoms with Gasteiger partial charge in [0.15, 0.2) is 0 Å². The number of amides is 4. The largest absolute Gasteiger partial charge is 0.449 e. The summed E-state index contributed by atoms with van der Waals surface area (Å²) in [4.78, 5) is 48.8. The molecule has 0 atom stereocenters. The van der Waals surface area contributed by atoms with Gasteiger partial charge in [-0.1, -0.05) is 40.9 Å². The van der Waals surface area contributed by atoms with E-state index in [0.717, 1.165) is 12.1 Å². The van der Waals surface area contributed by atoms with Gasteiger partial charge in [-0.15, -0.1) is 0 Å². The zero-order valence-electron chi connectivity index (χ0n) is 18.9. The molecule has 4 amide bonds. The van der Waals surface area contributed by atoms with Gasteiger partial charge in [0.2, 0.25) is 5.75 Å². The molecule has 1 aliphatic heterocycles. The smallest absolute Gasteiger partial charge is 0.416 e. The van der Waals surface area contributed by atoms with Crippen molar-refractivity contribution in [1.82, 2.24) is 5.32 Å². The first-order chi connectivity index (χ1) is 18.3. The van der Waals surface area contributed by atoms with E-state index < -0.39 is 51.5 Å². The van der Waals surface area contributed by atoms with E-state index in [1.54, 1.807) is 0 Å².